The summed E-state index contributed by atoms with van der Waals surface area (Å²) in [4.78, 5) is 22.7. The van der Waals surface area contributed by atoms with E-state index in [0.29, 0.717) is 0 Å². The third-order valence-corrected chi connectivity index (χ3v) is 2.17. The van der Waals surface area contributed by atoms with Crippen molar-refractivity contribution in [2.75, 3.05) is 13.7 Å². The molecule has 0 spiro atoms. The molecule has 2 N–H and O–H groups in total. The van der Waals surface area contributed by atoms with E-state index in [4.69, 9.17) is 5.11 Å². The Morgan fingerprint density at radius 3 is 2.67 bits per heavy atom. The summed E-state index contributed by atoms with van der Waals surface area (Å²) in [5.74, 6) is -4.41. The van der Waals surface area contributed by atoms with Crippen molar-refractivity contribution in [2.24, 2.45) is 0 Å². The fourth-order valence-corrected chi connectivity index (χ4v) is 1.24. The maximum absolute atomic E-state index is 13.3. The second kappa shape index (κ2) is 6.06. The second-order valence-electron chi connectivity index (χ2n) is 3.33. The minimum atomic E-state index is -1.33. The number of halogens is 2. The number of aliphatic hydroxyl groups excluding tert-OH is 1. The van der Waals surface area contributed by atoms with Crippen LogP contribution in [0.1, 0.15) is 10.4 Å². The molecule has 0 unspecified atom stereocenters. The molecule has 5 nitrogen and oxygen atoms in total. The predicted molar refractivity (Wildman–Crippen MR) is 56.7 cm³/mol. The number of hydrogen-bond donors (Lipinski definition) is 2. The minimum Gasteiger partial charge on any atom is -0.467 e. The highest BCUT2D eigenvalue weighted by Gasteiger charge is 2.23. The Hall–Kier alpha value is -2.02. The number of rotatable bonds is 4. The monoisotopic (exact) mass is 259 g/mol. The van der Waals surface area contributed by atoms with Gasteiger partial charge in [-0.25, -0.2) is 13.6 Å². The van der Waals surface area contributed by atoms with Gasteiger partial charge in [0, 0.05) is 0 Å². The molecule has 98 valence electrons. The van der Waals surface area contributed by atoms with Gasteiger partial charge in [-0.3, -0.25) is 4.79 Å². The summed E-state index contributed by atoms with van der Waals surface area (Å²) >= 11 is 0. The van der Waals surface area contributed by atoms with E-state index in [-0.39, 0.29) is 0 Å². The van der Waals surface area contributed by atoms with E-state index in [1.165, 1.54) is 0 Å². The van der Waals surface area contributed by atoms with Crippen LogP contribution in [0.5, 0.6) is 0 Å². The number of benzene rings is 1. The number of aliphatic hydroxyl groups is 1. The average Bonchev–Trinajstić information content (AvgIpc) is 2.37. The molecule has 0 saturated carbocycles. The molecule has 1 atom stereocenters. The number of ether oxygens (including phenoxy) is 1. The first kappa shape index (κ1) is 14.0. The van der Waals surface area contributed by atoms with Gasteiger partial charge in [-0.05, 0) is 12.1 Å². The van der Waals surface area contributed by atoms with Crippen LogP contribution in [0.2, 0.25) is 0 Å². The van der Waals surface area contributed by atoms with Gasteiger partial charge in [0.15, 0.2) is 17.7 Å². The van der Waals surface area contributed by atoms with Crippen LogP contribution in [0, 0.1) is 11.6 Å². The Morgan fingerprint density at radius 2 is 2.11 bits per heavy atom. The van der Waals surface area contributed by atoms with Gasteiger partial charge in [0.25, 0.3) is 5.91 Å². The summed E-state index contributed by atoms with van der Waals surface area (Å²) in [7, 11) is 1.07. The Labute approximate surface area is 101 Å². The topological polar surface area (TPSA) is 75.6 Å². The van der Waals surface area contributed by atoms with E-state index in [9.17, 15) is 18.4 Å². The van der Waals surface area contributed by atoms with Crippen LogP contribution in [0.25, 0.3) is 0 Å². The number of carbonyl (C=O) groups excluding carboxylic acids is 2. The van der Waals surface area contributed by atoms with Gasteiger partial charge in [-0.2, -0.15) is 0 Å². The molecule has 0 radical (unpaired) electrons. The maximum atomic E-state index is 13.3. The SMILES string of the molecule is COC(=O)[C@H](CO)NC(=O)c1cccc(F)c1F. The lowest BCUT2D eigenvalue weighted by atomic mass is 10.1. The van der Waals surface area contributed by atoms with Crippen LogP contribution in [-0.2, 0) is 9.53 Å². The van der Waals surface area contributed by atoms with Crippen molar-refractivity contribution in [3.63, 3.8) is 0 Å². The summed E-state index contributed by atoms with van der Waals surface area (Å²) in [5.41, 5.74) is -0.558. The first-order chi connectivity index (χ1) is 8.51. The Kier molecular flexibility index (Phi) is 4.73. The quantitative estimate of drug-likeness (QED) is 0.759. The van der Waals surface area contributed by atoms with Crippen LogP contribution in [0.15, 0.2) is 18.2 Å². The zero-order chi connectivity index (χ0) is 13.7. The van der Waals surface area contributed by atoms with Crippen molar-refractivity contribution in [2.45, 2.75) is 6.04 Å². The molecule has 0 aliphatic carbocycles. The molecular formula is C11H11F2NO4. The fourth-order valence-electron chi connectivity index (χ4n) is 1.24. The lowest BCUT2D eigenvalue weighted by Gasteiger charge is -2.14. The molecule has 18 heavy (non-hydrogen) atoms. The molecule has 1 aromatic rings. The summed E-state index contributed by atoms with van der Waals surface area (Å²) in [6.07, 6.45) is 0. The first-order valence-corrected chi connectivity index (χ1v) is 4.94. The fraction of sp³-hybridized carbons (Fsp3) is 0.273. The molecule has 1 rings (SSSR count). The summed E-state index contributed by atoms with van der Waals surface area (Å²) < 4.78 is 30.5. The number of hydrogen-bond acceptors (Lipinski definition) is 4. The van der Waals surface area contributed by atoms with Gasteiger partial charge in [0.05, 0.1) is 19.3 Å². The molecule has 0 aromatic heterocycles. The highest BCUT2D eigenvalue weighted by atomic mass is 19.2. The summed E-state index contributed by atoms with van der Waals surface area (Å²) in [6.45, 7) is -0.713. The van der Waals surface area contributed by atoms with Gasteiger partial charge in [0.2, 0.25) is 0 Å². The smallest absolute Gasteiger partial charge is 0.330 e. The van der Waals surface area contributed by atoms with Crippen molar-refractivity contribution in [3.8, 4) is 0 Å². The molecule has 0 fully saturated rings. The van der Waals surface area contributed by atoms with Gasteiger partial charge in [0.1, 0.15) is 0 Å². The number of carbonyl (C=O) groups is 2. The molecule has 7 heteroatoms. The van der Waals surface area contributed by atoms with E-state index >= 15 is 0 Å². The van der Waals surface area contributed by atoms with Gasteiger partial charge in [-0.15, -0.1) is 0 Å². The van der Waals surface area contributed by atoms with Crippen molar-refractivity contribution in [1.29, 1.82) is 0 Å². The molecule has 1 aromatic carbocycles. The van der Waals surface area contributed by atoms with Crippen molar-refractivity contribution >= 4 is 11.9 Å². The molecule has 0 bridgehead atoms. The molecule has 0 aliphatic heterocycles. The third-order valence-electron chi connectivity index (χ3n) is 2.17. The number of amides is 1. The van der Waals surface area contributed by atoms with Crippen LogP contribution in [0.3, 0.4) is 0 Å². The summed E-state index contributed by atoms with van der Waals surface area (Å²) in [6, 6.07) is 1.74. The lowest BCUT2D eigenvalue weighted by Crippen LogP contribution is -2.44. The third kappa shape index (κ3) is 3.01. The van der Waals surface area contributed by atoms with Crippen molar-refractivity contribution < 1.29 is 28.2 Å². The van der Waals surface area contributed by atoms with Crippen LogP contribution < -0.4 is 5.32 Å². The van der Waals surface area contributed by atoms with E-state index in [2.05, 4.69) is 4.74 Å². The van der Waals surface area contributed by atoms with Crippen molar-refractivity contribution in [1.82, 2.24) is 5.32 Å². The standard InChI is InChI=1S/C11H11F2NO4/c1-18-11(17)8(5-15)14-10(16)6-3-2-4-7(12)9(6)13/h2-4,8,15H,5H2,1H3,(H,14,16)/t8-/m0/s1. The highest BCUT2D eigenvalue weighted by molar-refractivity contribution is 5.97. The zero-order valence-electron chi connectivity index (χ0n) is 9.44. The molecule has 0 saturated heterocycles. The second-order valence-corrected chi connectivity index (χ2v) is 3.33. The maximum Gasteiger partial charge on any atom is 0.330 e. The number of nitrogens with one attached hydrogen (secondary N) is 1. The first-order valence-electron chi connectivity index (χ1n) is 4.94. The Bertz CT molecular complexity index is 464. The van der Waals surface area contributed by atoms with Crippen LogP contribution in [0.4, 0.5) is 8.78 Å². The lowest BCUT2D eigenvalue weighted by molar-refractivity contribution is -0.143. The summed E-state index contributed by atoms with van der Waals surface area (Å²) in [5, 5.41) is 10.9. The Morgan fingerprint density at radius 1 is 1.44 bits per heavy atom. The van der Waals surface area contributed by atoms with E-state index < -0.39 is 41.7 Å². The average molecular weight is 259 g/mol. The largest absolute Gasteiger partial charge is 0.467 e. The van der Waals surface area contributed by atoms with E-state index in [1.807, 2.05) is 5.32 Å². The van der Waals surface area contributed by atoms with Crippen LogP contribution in [-0.4, -0.2) is 36.7 Å². The van der Waals surface area contributed by atoms with Crippen LogP contribution >= 0.6 is 0 Å². The molecule has 0 aliphatic rings. The normalized spacial score (nSPS) is 11.8. The van der Waals surface area contributed by atoms with E-state index in [1.54, 1.807) is 0 Å². The molecular weight excluding hydrogens is 248 g/mol. The number of esters is 1. The molecule has 1 amide bonds. The number of methoxy groups -OCH3 is 1. The van der Waals surface area contributed by atoms with Crippen molar-refractivity contribution in [3.05, 3.63) is 35.4 Å². The van der Waals surface area contributed by atoms with E-state index in [0.717, 1.165) is 25.3 Å². The highest BCUT2D eigenvalue weighted by Crippen LogP contribution is 2.11. The van der Waals surface area contributed by atoms with Gasteiger partial charge in [-0.1, -0.05) is 6.07 Å². The molecule has 0 heterocycles. The minimum absolute atomic E-state index is 0.558. The zero-order valence-corrected chi connectivity index (χ0v) is 9.44. The van der Waals surface area contributed by atoms with Gasteiger partial charge >= 0.3 is 5.97 Å². The predicted octanol–water partition coefficient (Wildman–Crippen LogP) is 0.228. The van der Waals surface area contributed by atoms with Gasteiger partial charge < -0.3 is 15.2 Å². The Balaban J connectivity index is 2.88.